The number of fused-ring (bicyclic) bond motifs is 1. The molecule has 102 valence electrons. The molecule has 0 spiro atoms. The Kier molecular flexibility index (Phi) is 3.20. The van der Waals surface area contributed by atoms with Crippen LogP contribution in [-0.4, -0.2) is 20.3 Å². The van der Waals surface area contributed by atoms with Crippen molar-refractivity contribution in [1.82, 2.24) is 14.5 Å². The second kappa shape index (κ2) is 5.17. The minimum Gasteiger partial charge on any atom is -0.330 e. The highest BCUT2D eigenvalue weighted by Crippen LogP contribution is 2.23. The monoisotopic (exact) mass is 276 g/mol. The van der Waals surface area contributed by atoms with E-state index in [-0.39, 0.29) is 5.78 Å². The van der Waals surface area contributed by atoms with E-state index in [4.69, 9.17) is 0 Å². The molecule has 0 saturated heterocycles. The van der Waals surface area contributed by atoms with Crippen molar-refractivity contribution in [2.45, 2.75) is 5.92 Å². The lowest BCUT2D eigenvalue weighted by Gasteiger charge is -2.08. The predicted octanol–water partition coefficient (Wildman–Crippen LogP) is 2.46. The molecular weight excluding hydrogens is 264 g/mol. The number of aromatic nitrogens is 3. The highest BCUT2D eigenvalue weighted by Gasteiger charge is 2.26. The summed E-state index contributed by atoms with van der Waals surface area (Å²) < 4.78 is 1.79. The summed E-state index contributed by atoms with van der Waals surface area (Å²) in [4.78, 5) is 20.8. The number of Topliss-reactive ketones (excluding diaryl/α,β-unsaturated/α-hetero) is 1. The molecule has 0 bridgehead atoms. The molecule has 0 amide bonds. The van der Waals surface area contributed by atoms with Gasteiger partial charge in [-0.1, -0.05) is 12.1 Å². The molecule has 2 aromatic heterocycles. The van der Waals surface area contributed by atoms with E-state index < -0.39 is 5.92 Å². The molecule has 0 saturated carbocycles. The predicted molar refractivity (Wildman–Crippen MR) is 77.6 cm³/mol. The van der Waals surface area contributed by atoms with Gasteiger partial charge in [0.2, 0.25) is 0 Å². The van der Waals surface area contributed by atoms with E-state index in [1.807, 2.05) is 31.3 Å². The van der Waals surface area contributed by atoms with Crippen LogP contribution in [0, 0.1) is 11.3 Å². The Morgan fingerprint density at radius 2 is 1.95 bits per heavy atom. The van der Waals surface area contributed by atoms with Crippen molar-refractivity contribution in [2.75, 3.05) is 0 Å². The molecule has 0 aliphatic heterocycles. The minimum atomic E-state index is -0.926. The van der Waals surface area contributed by atoms with Gasteiger partial charge >= 0.3 is 0 Å². The summed E-state index contributed by atoms with van der Waals surface area (Å²) in [6.07, 6.45) is 3.08. The van der Waals surface area contributed by atoms with Crippen LogP contribution in [0.25, 0.3) is 11.0 Å². The van der Waals surface area contributed by atoms with Gasteiger partial charge in [0.15, 0.2) is 11.7 Å². The molecule has 1 aromatic carbocycles. The van der Waals surface area contributed by atoms with Gasteiger partial charge < -0.3 is 4.57 Å². The molecule has 5 heteroatoms. The third kappa shape index (κ3) is 2.17. The summed E-state index contributed by atoms with van der Waals surface area (Å²) in [6.45, 7) is 0. The smallest absolute Gasteiger partial charge is 0.187 e. The molecule has 5 nitrogen and oxygen atoms in total. The Labute approximate surface area is 121 Å². The Morgan fingerprint density at radius 3 is 2.62 bits per heavy atom. The van der Waals surface area contributed by atoms with Crippen molar-refractivity contribution in [3.63, 3.8) is 0 Å². The average Bonchev–Trinajstić information content (AvgIpc) is 2.86. The minimum absolute atomic E-state index is 0.265. The van der Waals surface area contributed by atoms with Crippen LogP contribution in [0.5, 0.6) is 0 Å². The van der Waals surface area contributed by atoms with Crippen molar-refractivity contribution in [3.8, 4) is 6.07 Å². The first kappa shape index (κ1) is 13.0. The fourth-order valence-electron chi connectivity index (χ4n) is 2.34. The molecule has 0 N–H and O–H groups in total. The van der Waals surface area contributed by atoms with Crippen LogP contribution in [0.1, 0.15) is 22.1 Å². The van der Waals surface area contributed by atoms with Gasteiger partial charge in [-0.05, 0) is 24.3 Å². The maximum Gasteiger partial charge on any atom is 0.187 e. The van der Waals surface area contributed by atoms with Gasteiger partial charge in [-0.3, -0.25) is 9.78 Å². The van der Waals surface area contributed by atoms with Crippen molar-refractivity contribution < 1.29 is 4.79 Å². The molecule has 1 atom stereocenters. The highest BCUT2D eigenvalue weighted by molar-refractivity contribution is 6.02. The second-order valence-corrected chi connectivity index (χ2v) is 4.68. The molecule has 0 aliphatic carbocycles. The molecule has 3 aromatic rings. The van der Waals surface area contributed by atoms with Crippen molar-refractivity contribution in [3.05, 3.63) is 60.2 Å². The lowest BCUT2D eigenvalue weighted by atomic mass is 9.99. The standard InChI is InChI=1S/C16H12N4O/c1-20-14-5-3-2-4-13(14)19-16(20)12(10-17)15(21)11-6-8-18-9-7-11/h2-9,12H,1H3/t12-/m0/s1. The van der Waals surface area contributed by atoms with E-state index in [1.165, 1.54) is 12.4 Å². The van der Waals surface area contributed by atoms with Gasteiger partial charge in [-0.25, -0.2) is 4.98 Å². The summed E-state index contributed by atoms with van der Waals surface area (Å²) in [6, 6.07) is 12.8. The number of hydrogen-bond donors (Lipinski definition) is 0. The van der Waals surface area contributed by atoms with Crippen LogP contribution in [0.3, 0.4) is 0 Å². The van der Waals surface area contributed by atoms with Crippen LogP contribution in [-0.2, 0) is 7.05 Å². The van der Waals surface area contributed by atoms with E-state index in [0.29, 0.717) is 11.4 Å². The maximum atomic E-state index is 12.5. The quantitative estimate of drug-likeness (QED) is 0.689. The van der Waals surface area contributed by atoms with Crippen LogP contribution < -0.4 is 0 Å². The van der Waals surface area contributed by atoms with Crippen LogP contribution >= 0.6 is 0 Å². The van der Waals surface area contributed by atoms with Gasteiger partial charge in [0, 0.05) is 25.0 Å². The Balaban J connectivity index is 2.09. The lowest BCUT2D eigenvalue weighted by Crippen LogP contribution is -2.15. The third-order valence-electron chi connectivity index (χ3n) is 3.44. The number of para-hydroxylation sites is 2. The Morgan fingerprint density at radius 1 is 1.24 bits per heavy atom. The summed E-state index contributed by atoms with van der Waals surface area (Å²) in [5, 5.41) is 9.42. The number of nitrogens with zero attached hydrogens (tertiary/aromatic N) is 4. The number of hydrogen-bond acceptors (Lipinski definition) is 4. The fourth-order valence-corrected chi connectivity index (χ4v) is 2.34. The number of pyridine rings is 1. The summed E-state index contributed by atoms with van der Waals surface area (Å²) in [5.74, 6) is -0.733. The van der Waals surface area contributed by atoms with Crippen molar-refractivity contribution >= 4 is 16.8 Å². The van der Waals surface area contributed by atoms with Gasteiger partial charge in [-0.2, -0.15) is 5.26 Å². The number of nitriles is 1. The number of rotatable bonds is 3. The van der Waals surface area contributed by atoms with E-state index >= 15 is 0 Å². The maximum absolute atomic E-state index is 12.5. The number of aryl methyl sites for hydroxylation is 1. The molecular formula is C16H12N4O. The first-order chi connectivity index (χ1) is 10.2. The molecule has 0 radical (unpaired) electrons. The first-order valence-electron chi connectivity index (χ1n) is 6.47. The van der Waals surface area contributed by atoms with Crippen LogP contribution in [0.4, 0.5) is 0 Å². The number of carbonyl (C=O) groups is 1. The molecule has 0 fully saturated rings. The molecule has 21 heavy (non-hydrogen) atoms. The van der Waals surface area contributed by atoms with Gasteiger partial charge in [-0.15, -0.1) is 0 Å². The average molecular weight is 276 g/mol. The zero-order valence-corrected chi connectivity index (χ0v) is 11.4. The number of carbonyl (C=O) groups excluding carboxylic acids is 1. The Hall–Kier alpha value is -3.00. The van der Waals surface area contributed by atoms with Crippen LogP contribution in [0.15, 0.2) is 48.8 Å². The molecule has 2 heterocycles. The summed E-state index contributed by atoms with van der Waals surface area (Å²) in [7, 11) is 1.81. The molecule has 3 rings (SSSR count). The lowest BCUT2D eigenvalue weighted by molar-refractivity contribution is 0.0975. The largest absolute Gasteiger partial charge is 0.330 e. The van der Waals surface area contributed by atoms with Crippen molar-refractivity contribution in [2.24, 2.45) is 7.05 Å². The summed E-state index contributed by atoms with van der Waals surface area (Å²) in [5.41, 5.74) is 2.14. The number of imidazole rings is 1. The zero-order chi connectivity index (χ0) is 14.8. The van der Waals surface area contributed by atoms with Gasteiger partial charge in [0.1, 0.15) is 5.82 Å². The van der Waals surface area contributed by atoms with Crippen LogP contribution in [0.2, 0.25) is 0 Å². The first-order valence-corrected chi connectivity index (χ1v) is 6.47. The molecule has 0 aliphatic rings. The number of ketones is 1. The second-order valence-electron chi connectivity index (χ2n) is 4.68. The highest BCUT2D eigenvalue weighted by atomic mass is 16.1. The van der Waals surface area contributed by atoms with Crippen molar-refractivity contribution in [1.29, 1.82) is 5.26 Å². The Bertz CT molecular complexity index is 846. The molecule has 0 unspecified atom stereocenters. The SMILES string of the molecule is Cn1c([C@@H](C#N)C(=O)c2ccncc2)nc2ccccc21. The summed E-state index contributed by atoms with van der Waals surface area (Å²) >= 11 is 0. The van der Waals surface area contributed by atoms with E-state index in [1.54, 1.807) is 16.7 Å². The normalized spacial score (nSPS) is 12.0. The zero-order valence-electron chi connectivity index (χ0n) is 11.4. The fraction of sp³-hybridized carbons (Fsp3) is 0.125. The van der Waals surface area contributed by atoms with E-state index in [9.17, 15) is 10.1 Å². The van der Waals surface area contributed by atoms with E-state index in [0.717, 1.165) is 11.0 Å². The topological polar surface area (TPSA) is 71.6 Å². The van der Waals surface area contributed by atoms with E-state index in [2.05, 4.69) is 16.0 Å². The number of benzene rings is 1. The van der Waals surface area contributed by atoms with Gasteiger partial charge in [0.25, 0.3) is 0 Å². The van der Waals surface area contributed by atoms with Gasteiger partial charge in [0.05, 0.1) is 17.1 Å². The third-order valence-corrected chi connectivity index (χ3v) is 3.44.